The van der Waals surface area contributed by atoms with Crippen LogP contribution in [0.2, 0.25) is 0 Å². The average molecular weight is 851 g/mol. The first-order chi connectivity index (χ1) is 30.6. The largest absolute Gasteiger partial charge is 0.462 e. The number of unbranched alkanes of at least 4 members (excludes halogenated alkanes) is 4. The van der Waals surface area contributed by atoms with Crippen LogP contribution in [-0.4, -0.2) is 37.9 Å². The van der Waals surface area contributed by atoms with E-state index in [1.165, 1.54) is 0 Å². The van der Waals surface area contributed by atoms with Crippen molar-refractivity contribution in [3.05, 3.63) is 158 Å². The van der Waals surface area contributed by atoms with Crippen molar-refractivity contribution in [2.45, 2.75) is 168 Å². The lowest BCUT2D eigenvalue weighted by Gasteiger charge is -2.18. The third kappa shape index (κ3) is 48.2. The second-order valence-electron chi connectivity index (χ2n) is 14.9. The summed E-state index contributed by atoms with van der Waals surface area (Å²) in [6.07, 6.45) is 75.7. The number of ether oxygens (including phenoxy) is 3. The fourth-order valence-electron chi connectivity index (χ4n) is 5.64. The number of rotatable bonds is 41. The van der Waals surface area contributed by atoms with E-state index >= 15 is 0 Å². The normalized spacial score (nSPS) is 13.7. The van der Waals surface area contributed by atoms with Gasteiger partial charge in [0.2, 0.25) is 0 Å². The molecular formula is C57H86O5. The molecule has 0 aromatic rings. The molecule has 1 atom stereocenters. The lowest BCUT2D eigenvalue weighted by molar-refractivity contribution is -0.162. The molecule has 0 aliphatic rings. The molecule has 0 N–H and O–H groups in total. The molecule has 5 nitrogen and oxygen atoms in total. The van der Waals surface area contributed by atoms with Crippen LogP contribution in [0.25, 0.3) is 0 Å². The fraction of sp³-hybridized carbons (Fsp3) is 0.509. The van der Waals surface area contributed by atoms with Crippen LogP contribution in [0.5, 0.6) is 0 Å². The predicted molar refractivity (Wildman–Crippen MR) is 269 cm³/mol. The molecule has 5 heteroatoms. The molecule has 0 aromatic heterocycles. The Morgan fingerprint density at radius 2 is 0.710 bits per heavy atom. The van der Waals surface area contributed by atoms with Crippen LogP contribution in [0, 0.1) is 0 Å². The van der Waals surface area contributed by atoms with Crippen LogP contribution in [-0.2, 0) is 23.8 Å². The van der Waals surface area contributed by atoms with E-state index in [2.05, 4.69) is 173 Å². The Morgan fingerprint density at radius 1 is 0.355 bits per heavy atom. The maximum absolute atomic E-state index is 12.7. The first kappa shape index (κ1) is 57.5. The number of hydrogen-bond acceptors (Lipinski definition) is 5. The molecule has 0 saturated carbocycles. The summed E-state index contributed by atoms with van der Waals surface area (Å²) < 4.78 is 17.2. The SMILES string of the molecule is CC/C=C\C/C=C\C/C=C\C/C=C\C/C=C\CCOCC(COC(=O)CCCCCC/C=C\C/C=C\C/C=C\C/C=C\CC)OC(=O)CC/C=C\C/C=C\C/C=C\C/C=C\CC. The predicted octanol–water partition coefficient (Wildman–Crippen LogP) is 16.3. The van der Waals surface area contributed by atoms with Crippen molar-refractivity contribution in [2.75, 3.05) is 19.8 Å². The van der Waals surface area contributed by atoms with E-state index in [4.69, 9.17) is 14.2 Å². The minimum absolute atomic E-state index is 0.00203. The molecule has 62 heavy (non-hydrogen) atoms. The first-order valence-electron chi connectivity index (χ1n) is 24.0. The molecule has 0 bridgehead atoms. The molecule has 0 spiro atoms. The highest BCUT2D eigenvalue weighted by atomic mass is 16.6. The summed E-state index contributed by atoms with van der Waals surface area (Å²) in [4.78, 5) is 25.3. The van der Waals surface area contributed by atoms with E-state index in [0.717, 1.165) is 122 Å². The van der Waals surface area contributed by atoms with Gasteiger partial charge in [0.25, 0.3) is 0 Å². The van der Waals surface area contributed by atoms with Gasteiger partial charge in [-0.2, -0.15) is 0 Å². The average Bonchev–Trinajstić information content (AvgIpc) is 3.27. The van der Waals surface area contributed by atoms with E-state index in [9.17, 15) is 9.59 Å². The lowest BCUT2D eigenvalue weighted by Crippen LogP contribution is -2.30. The van der Waals surface area contributed by atoms with Gasteiger partial charge < -0.3 is 14.2 Å². The summed E-state index contributed by atoms with van der Waals surface area (Å²) in [6, 6.07) is 0. The Balaban J connectivity index is 4.55. The van der Waals surface area contributed by atoms with Gasteiger partial charge in [-0.3, -0.25) is 9.59 Å². The fourth-order valence-corrected chi connectivity index (χ4v) is 5.64. The Bertz CT molecular complexity index is 1420. The minimum atomic E-state index is -0.636. The van der Waals surface area contributed by atoms with Crippen molar-refractivity contribution in [3.8, 4) is 0 Å². The second kappa shape index (κ2) is 50.9. The molecule has 0 aromatic carbocycles. The molecule has 344 valence electrons. The summed E-state index contributed by atoms with van der Waals surface area (Å²) in [5.41, 5.74) is 0. The summed E-state index contributed by atoms with van der Waals surface area (Å²) in [5, 5.41) is 0. The first-order valence-corrected chi connectivity index (χ1v) is 24.0. The molecule has 1 unspecified atom stereocenters. The maximum Gasteiger partial charge on any atom is 0.306 e. The highest BCUT2D eigenvalue weighted by molar-refractivity contribution is 5.70. The van der Waals surface area contributed by atoms with Crippen LogP contribution < -0.4 is 0 Å². The molecule has 0 fully saturated rings. The summed E-state index contributed by atoms with van der Waals surface area (Å²) in [7, 11) is 0. The van der Waals surface area contributed by atoms with E-state index in [1.807, 2.05) is 6.08 Å². The van der Waals surface area contributed by atoms with E-state index in [1.54, 1.807) is 0 Å². The van der Waals surface area contributed by atoms with Crippen LogP contribution in [0.15, 0.2) is 158 Å². The Morgan fingerprint density at radius 3 is 1.13 bits per heavy atom. The van der Waals surface area contributed by atoms with E-state index < -0.39 is 6.10 Å². The van der Waals surface area contributed by atoms with Crippen LogP contribution >= 0.6 is 0 Å². The zero-order valence-electron chi connectivity index (χ0n) is 39.3. The van der Waals surface area contributed by atoms with Gasteiger partial charge in [-0.1, -0.05) is 192 Å². The highest BCUT2D eigenvalue weighted by Crippen LogP contribution is 2.09. The zero-order chi connectivity index (χ0) is 44.9. The molecule has 0 rings (SSSR count). The number of hydrogen-bond donors (Lipinski definition) is 0. The van der Waals surface area contributed by atoms with Crippen molar-refractivity contribution < 1.29 is 23.8 Å². The topological polar surface area (TPSA) is 61.8 Å². The lowest BCUT2D eigenvalue weighted by atomic mass is 10.1. The van der Waals surface area contributed by atoms with E-state index in [0.29, 0.717) is 19.4 Å². The molecular weight excluding hydrogens is 765 g/mol. The van der Waals surface area contributed by atoms with Crippen molar-refractivity contribution in [1.29, 1.82) is 0 Å². The smallest absolute Gasteiger partial charge is 0.306 e. The Labute approximate surface area is 380 Å². The van der Waals surface area contributed by atoms with Crippen molar-refractivity contribution >= 4 is 11.9 Å². The maximum atomic E-state index is 12.7. The minimum Gasteiger partial charge on any atom is -0.462 e. The molecule has 0 saturated heterocycles. The molecule has 0 heterocycles. The molecule has 0 aliphatic carbocycles. The highest BCUT2D eigenvalue weighted by Gasteiger charge is 2.17. The number of allylic oxidation sites excluding steroid dienone is 25. The third-order valence-corrected chi connectivity index (χ3v) is 9.07. The molecule has 0 radical (unpaired) electrons. The number of esters is 2. The van der Waals surface area contributed by atoms with Gasteiger partial charge in [0, 0.05) is 12.8 Å². The van der Waals surface area contributed by atoms with Crippen LogP contribution in [0.1, 0.15) is 162 Å². The Hall–Kier alpha value is -4.48. The van der Waals surface area contributed by atoms with Crippen molar-refractivity contribution in [2.24, 2.45) is 0 Å². The number of carbonyl (C=O) groups is 2. The van der Waals surface area contributed by atoms with Gasteiger partial charge in [-0.25, -0.2) is 0 Å². The van der Waals surface area contributed by atoms with Crippen LogP contribution in [0.3, 0.4) is 0 Å². The molecule has 0 amide bonds. The second-order valence-corrected chi connectivity index (χ2v) is 14.9. The quantitative estimate of drug-likeness (QED) is 0.0348. The van der Waals surface area contributed by atoms with Gasteiger partial charge in [0.15, 0.2) is 6.10 Å². The molecule has 0 aliphatic heterocycles. The summed E-state index contributed by atoms with van der Waals surface area (Å²) in [5.74, 6) is -0.577. The van der Waals surface area contributed by atoms with Gasteiger partial charge >= 0.3 is 11.9 Å². The van der Waals surface area contributed by atoms with Crippen molar-refractivity contribution in [1.82, 2.24) is 0 Å². The standard InChI is InChI=1S/C57H86O5/c1-4-7-10-13-16-19-22-25-27-29-30-33-35-38-41-44-47-50-56(58)61-54-55(62-57(59)51-48-45-42-39-36-32-24-21-18-15-12-9-6-3)53-60-52-49-46-43-40-37-34-31-28-26-23-20-17-14-11-8-5-2/h7-12,16-21,25-28,30,32-34,36-37,42-43,45-46,55H,4-6,13-15,22-24,29,31,35,38-41,44,47-54H2,1-3H3/b10-7-,11-8-,12-9-,19-16-,20-17-,21-18-,27-25-,28-26-,33-30-,36-32-,37-34-,45-42-,46-43-. The van der Waals surface area contributed by atoms with Gasteiger partial charge in [0.05, 0.1) is 13.2 Å². The Kier molecular flexibility index (Phi) is 47.2. The number of carbonyl (C=O) groups excluding carboxylic acids is 2. The van der Waals surface area contributed by atoms with E-state index in [-0.39, 0.29) is 31.6 Å². The van der Waals surface area contributed by atoms with Gasteiger partial charge in [-0.15, -0.1) is 0 Å². The van der Waals surface area contributed by atoms with Gasteiger partial charge in [-0.05, 0) is 116 Å². The monoisotopic (exact) mass is 851 g/mol. The van der Waals surface area contributed by atoms with Gasteiger partial charge in [0.1, 0.15) is 6.61 Å². The summed E-state index contributed by atoms with van der Waals surface area (Å²) >= 11 is 0. The summed E-state index contributed by atoms with van der Waals surface area (Å²) in [6.45, 7) is 7.13. The zero-order valence-corrected chi connectivity index (χ0v) is 39.3. The van der Waals surface area contributed by atoms with Crippen molar-refractivity contribution in [3.63, 3.8) is 0 Å². The third-order valence-electron chi connectivity index (χ3n) is 9.07. The van der Waals surface area contributed by atoms with Crippen LogP contribution in [0.4, 0.5) is 0 Å².